The SMILES string of the molecule is CC(C)Oc1cc(N)cc(N2CC(C)(C)OC(C)(C)C2)c1. The summed E-state index contributed by atoms with van der Waals surface area (Å²) in [5, 5.41) is 0. The minimum absolute atomic E-state index is 0.136. The Kier molecular flexibility index (Phi) is 4.11. The van der Waals surface area contributed by atoms with Gasteiger partial charge in [-0.15, -0.1) is 0 Å². The van der Waals surface area contributed by atoms with Crippen molar-refractivity contribution in [1.29, 1.82) is 0 Å². The molecule has 2 N–H and O–H groups in total. The van der Waals surface area contributed by atoms with Crippen molar-refractivity contribution in [3.8, 4) is 5.75 Å². The van der Waals surface area contributed by atoms with Crippen LogP contribution in [-0.2, 0) is 4.74 Å². The van der Waals surface area contributed by atoms with Crippen molar-refractivity contribution in [3.05, 3.63) is 18.2 Å². The number of hydrogen-bond donors (Lipinski definition) is 1. The van der Waals surface area contributed by atoms with Gasteiger partial charge in [-0.2, -0.15) is 0 Å². The third-order valence-electron chi connectivity index (χ3n) is 3.35. The smallest absolute Gasteiger partial charge is 0.123 e. The summed E-state index contributed by atoms with van der Waals surface area (Å²) >= 11 is 0. The Morgan fingerprint density at radius 2 is 1.67 bits per heavy atom. The molecule has 2 rings (SSSR count). The zero-order valence-corrected chi connectivity index (χ0v) is 14.1. The highest BCUT2D eigenvalue weighted by molar-refractivity contribution is 5.61. The topological polar surface area (TPSA) is 47.7 Å². The maximum absolute atomic E-state index is 6.13. The van der Waals surface area contributed by atoms with Gasteiger partial charge in [0.1, 0.15) is 5.75 Å². The molecule has 21 heavy (non-hydrogen) atoms. The second kappa shape index (κ2) is 5.41. The third-order valence-corrected chi connectivity index (χ3v) is 3.35. The van der Waals surface area contributed by atoms with E-state index < -0.39 is 0 Å². The maximum atomic E-state index is 6.13. The standard InChI is InChI=1S/C17H28N2O2/c1-12(2)20-15-8-13(18)7-14(9-15)19-10-16(3,4)21-17(5,6)11-19/h7-9,12H,10-11,18H2,1-6H3. The normalized spacial score (nSPS) is 20.6. The molecular formula is C17H28N2O2. The molecule has 0 atom stereocenters. The molecule has 1 heterocycles. The predicted molar refractivity (Wildman–Crippen MR) is 88.1 cm³/mol. The fourth-order valence-corrected chi connectivity index (χ4v) is 3.10. The Hall–Kier alpha value is -1.42. The molecule has 0 unspecified atom stereocenters. The van der Waals surface area contributed by atoms with Crippen LogP contribution in [0.5, 0.6) is 5.75 Å². The highest BCUT2D eigenvalue weighted by Crippen LogP contribution is 2.34. The second-order valence-corrected chi connectivity index (χ2v) is 7.40. The minimum atomic E-state index is -0.189. The van der Waals surface area contributed by atoms with Crippen LogP contribution in [0, 0.1) is 0 Å². The molecule has 0 amide bonds. The number of nitrogens with two attached hydrogens (primary N) is 1. The Labute approximate surface area is 128 Å². The van der Waals surface area contributed by atoms with E-state index in [1.807, 2.05) is 26.0 Å². The third kappa shape index (κ3) is 4.27. The van der Waals surface area contributed by atoms with Crippen molar-refractivity contribution in [2.75, 3.05) is 23.7 Å². The van der Waals surface area contributed by atoms with Crippen LogP contribution in [0.3, 0.4) is 0 Å². The molecule has 4 nitrogen and oxygen atoms in total. The monoisotopic (exact) mass is 292 g/mol. The number of rotatable bonds is 3. The fourth-order valence-electron chi connectivity index (χ4n) is 3.10. The van der Waals surface area contributed by atoms with Gasteiger partial charge >= 0.3 is 0 Å². The molecule has 0 spiro atoms. The largest absolute Gasteiger partial charge is 0.491 e. The number of nitrogen functional groups attached to an aromatic ring is 1. The van der Waals surface area contributed by atoms with Crippen molar-refractivity contribution in [3.63, 3.8) is 0 Å². The predicted octanol–water partition coefficient (Wildman–Crippen LogP) is 3.45. The first-order valence-electron chi connectivity index (χ1n) is 7.59. The average molecular weight is 292 g/mol. The molecule has 1 fully saturated rings. The summed E-state index contributed by atoms with van der Waals surface area (Å²) < 4.78 is 11.9. The van der Waals surface area contributed by atoms with Crippen LogP contribution in [0.1, 0.15) is 41.5 Å². The Morgan fingerprint density at radius 3 is 2.19 bits per heavy atom. The zero-order chi connectivity index (χ0) is 15.8. The second-order valence-electron chi connectivity index (χ2n) is 7.40. The molecule has 0 radical (unpaired) electrons. The zero-order valence-electron chi connectivity index (χ0n) is 14.1. The minimum Gasteiger partial charge on any atom is -0.491 e. The molecule has 0 saturated carbocycles. The van der Waals surface area contributed by atoms with Gasteiger partial charge in [0, 0.05) is 36.6 Å². The van der Waals surface area contributed by atoms with Gasteiger partial charge in [0.15, 0.2) is 0 Å². The first-order valence-corrected chi connectivity index (χ1v) is 7.59. The summed E-state index contributed by atoms with van der Waals surface area (Å²) in [5.41, 5.74) is 7.48. The van der Waals surface area contributed by atoms with Gasteiger partial charge in [-0.3, -0.25) is 0 Å². The van der Waals surface area contributed by atoms with Crippen molar-refractivity contribution in [2.24, 2.45) is 0 Å². The van der Waals surface area contributed by atoms with E-state index in [1.165, 1.54) is 0 Å². The van der Waals surface area contributed by atoms with Gasteiger partial charge in [0.05, 0.1) is 17.3 Å². The van der Waals surface area contributed by atoms with Gasteiger partial charge in [-0.1, -0.05) is 0 Å². The summed E-state index contributed by atoms with van der Waals surface area (Å²) in [6, 6.07) is 5.94. The maximum Gasteiger partial charge on any atom is 0.123 e. The highest BCUT2D eigenvalue weighted by atomic mass is 16.5. The van der Waals surface area contributed by atoms with Crippen LogP contribution in [-0.4, -0.2) is 30.4 Å². The molecule has 118 valence electrons. The van der Waals surface area contributed by atoms with E-state index in [0.717, 1.165) is 30.2 Å². The Balaban J connectivity index is 2.30. The van der Waals surface area contributed by atoms with E-state index in [9.17, 15) is 0 Å². The summed E-state index contributed by atoms with van der Waals surface area (Å²) in [7, 11) is 0. The molecule has 4 heteroatoms. The molecule has 0 aromatic heterocycles. The summed E-state index contributed by atoms with van der Waals surface area (Å²) in [5.74, 6) is 0.821. The van der Waals surface area contributed by atoms with Crippen molar-refractivity contribution in [2.45, 2.75) is 58.8 Å². The lowest BCUT2D eigenvalue weighted by Crippen LogP contribution is -2.57. The quantitative estimate of drug-likeness (QED) is 0.867. The van der Waals surface area contributed by atoms with Crippen molar-refractivity contribution < 1.29 is 9.47 Å². The molecule has 1 aromatic carbocycles. The molecule has 0 aliphatic carbocycles. The van der Waals surface area contributed by atoms with Crippen molar-refractivity contribution >= 4 is 11.4 Å². The van der Waals surface area contributed by atoms with Gasteiger partial charge in [0.2, 0.25) is 0 Å². The first kappa shape index (κ1) is 16.0. The van der Waals surface area contributed by atoms with E-state index in [1.54, 1.807) is 0 Å². The van der Waals surface area contributed by atoms with E-state index in [4.69, 9.17) is 15.2 Å². The van der Waals surface area contributed by atoms with Gasteiger partial charge < -0.3 is 20.1 Å². The van der Waals surface area contributed by atoms with E-state index in [0.29, 0.717) is 0 Å². The van der Waals surface area contributed by atoms with Gasteiger partial charge in [-0.25, -0.2) is 0 Å². The van der Waals surface area contributed by atoms with E-state index in [-0.39, 0.29) is 17.3 Å². The molecule has 1 saturated heterocycles. The van der Waals surface area contributed by atoms with Gasteiger partial charge in [-0.05, 0) is 47.6 Å². The van der Waals surface area contributed by atoms with Crippen molar-refractivity contribution in [1.82, 2.24) is 0 Å². The van der Waals surface area contributed by atoms with E-state index >= 15 is 0 Å². The fraction of sp³-hybridized carbons (Fsp3) is 0.647. The molecule has 0 bridgehead atoms. The lowest BCUT2D eigenvalue weighted by molar-refractivity contribution is -0.133. The number of nitrogens with zero attached hydrogens (tertiary/aromatic N) is 1. The van der Waals surface area contributed by atoms with Crippen LogP contribution in [0.4, 0.5) is 11.4 Å². The molecular weight excluding hydrogens is 264 g/mol. The number of benzene rings is 1. The van der Waals surface area contributed by atoms with Gasteiger partial charge in [0.25, 0.3) is 0 Å². The lowest BCUT2D eigenvalue weighted by atomic mass is 9.98. The van der Waals surface area contributed by atoms with E-state index in [2.05, 4.69) is 38.7 Å². The number of anilines is 2. The number of morpholine rings is 1. The van der Waals surface area contributed by atoms with Crippen LogP contribution in [0.15, 0.2) is 18.2 Å². The Morgan fingerprint density at radius 1 is 1.10 bits per heavy atom. The molecule has 1 aliphatic rings. The first-order chi connectivity index (χ1) is 9.56. The van der Waals surface area contributed by atoms with Crippen LogP contribution in [0.2, 0.25) is 0 Å². The summed E-state index contributed by atoms with van der Waals surface area (Å²) in [4.78, 5) is 2.33. The average Bonchev–Trinajstić information content (AvgIpc) is 2.22. The summed E-state index contributed by atoms with van der Waals surface area (Å²) in [6.07, 6.45) is 0.136. The number of ether oxygens (including phenoxy) is 2. The Bertz CT molecular complexity index is 494. The molecule has 1 aliphatic heterocycles. The van der Waals surface area contributed by atoms with Crippen LogP contribution in [0.25, 0.3) is 0 Å². The lowest BCUT2D eigenvalue weighted by Gasteiger charge is -2.48. The van der Waals surface area contributed by atoms with Crippen LogP contribution >= 0.6 is 0 Å². The summed E-state index contributed by atoms with van der Waals surface area (Å²) in [6.45, 7) is 14.2. The van der Waals surface area contributed by atoms with Crippen LogP contribution < -0.4 is 15.4 Å². The molecule has 1 aromatic rings. The highest BCUT2D eigenvalue weighted by Gasteiger charge is 2.38. The number of hydrogen-bond acceptors (Lipinski definition) is 4.